The van der Waals surface area contributed by atoms with Crippen LogP contribution in [-0.4, -0.2) is 13.6 Å². The molecule has 1 atom stereocenters. The molecule has 0 saturated carbocycles. The van der Waals surface area contributed by atoms with Crippen LogP contribution < -0.4 is 5.19 Å². The van der Waals surface area contributed by atoms with Crippen molar-refractivity contribution in [2.75, 3.05) is 0 Å². The third-order valence-corrected chi connectivity index (χ3v) is 4.55. The fourth-order valence-electron chi connectivity index (χ4n) is 1.06. The van der Waals surface area contributed by atoms with Gasteiger partial charge in [0.15, 0.2) is 0 Å². The molecule has 70 valence electrons. The first-order valence-electron chi connectivity index (χ1n) is 3.96. The van der Waals surface area contributed by atoms with Crippen molar-refractivity contribution in [2.24, 2.45) is 0 Å². The second-order valence-electron chi connectivity index (χ2n) is 2.88. The molecule has 0 bridgehead atoms. The third kappa shape index (κ3) is 2.86. The van der Waals surface area contributed by atoms with Crippen LogP contribution in [0.3, 0.4) is 0 Å². The summed E-state index contributed by atoms with van der Waals surface area (Å²) in [6, 6.07) is 9.42. The number of benzene rings is 1. The summed E-state index contributed by atoms with van der Waals surface area (Å²) >= 11 is 6.15. The Labute approximate surface area is 83.3 Å². The molecular formula is C9H11ClO2Si. The summed E-state index contributed by atoms with van der Waals surface area (Å²) in [6.07, 6.45) is 0. The monoisotopic (exact) mass is 214 g/mol. The molecule has 0 amide bonds. The van der Waals surface area contributed by atoms with Crippen molar-refractivity contribution in [2.45, 2.75) is 13.5 Å². The number of hydrogen-bond donors (Lipinski definition) is 0. The number of carbonyl (C=O) groups excluding carboxylic acids is 1. The lowest BCUT2D eigenvalue weighted by molar-refractivity contribution is -0.132. The minimum Gasteiger partial charge on any atom is -0.500 e. The molecule has 2 nitrogen and oxygen atoms in total. The Bertz CT molecular complexity index is 298. The van der Waals surface area contributed by atoms with E-state index in [0.29, 0.717) is 0 Å². The summed E-state index contributed by atoms with van der Waals surface area (Å²) in [5.41, 5.74) is 0. The zero-order chi connectivity index (χ0) is 9.90. The Morgan fingerprint density at radius 2 is 1.92 bits per heavy atom. The standard InChI is InChI=1S/C9H11ClO2Si/c1-8(11)12-13(2,10)9-6-4-3-5-7-9/h3-7H,1-2H3. The lowest BCUT2D eigenvalue weighted by Crippen LogP contribution is -2.43. The summed E-state index contributed by atoms with van der Waals surface area (Å²) < 4.78 is 5.09. The predicted octanol–water partition coefficient (Wildman–Crippen LogP) is 1.77. The van der Waals surface area contributed by atoms with Gasteiger partial charge in [-0.15, -0.1) is 11.1 Å². The summed E-state index contributed by atoms with van der Waals surface area (Å²) in [6.45, 7) is 3.15. The van der Waals surface area contributed by atoms with E-state index in [2.05, 4.69) is 0 Å². The van der Waals surface area contributed by atoms with Crippen LogP contribution in [0.4, 0.5) is 0 Å². The first-order valence-corrected chi connectivity index (χ1v) is 7.38. The molecule has 1 aromatic rings. The fraction of sp³-hybridized carbons (Fsp3) is 0.222. The Morgan fingerprint density at radius 3 is 2.38 bits per heavy atom. The minimum atomic E-state index is -2.52. The predicted molar refractivity (Wildman–Crippen MR) is 55.3 cm³/mol. The zero-order valence-electron chi connectivity index (χ0n) is 7.58. The second-order valence-corrected chi connectivity index (χ2v) is 7.66. The van der Waals surface area contributed by atoms with Crippen LogP contribution in [0.5, 0.6) is 0 Å². The van der Waals surface area contributed by atoms with E-state index in [9.17, 15) is 4.79 Å². The van der Waals surface area contributed by atoms with Gasteiger partial charge in [0, 0.05) is 6.92 Å². The Kier molecular flexibility index (Phi) is 3.11. The van der Waals surface area contributed by atoms with E-state index in [1.165, 1.54) is 6.92 Å². The molecule has 1 rings (SSSR count). The molecule has 0 heterocycles. The van der Waals surface area contributed by atoms with Crippen LogP contribution in [0.1, 0.15) is 6.92 Å². The van der Waals surface area contributed by atoms with Gasteiger partial charge in [0.1, 0.15) is 0 Å². The lowest BCUT2D eigenvalue weighted by atomic mass is 10.4. The first kappa shape index (κ1) is 10.3. The van der Waals surface area contributed by atoms with Crippen LogP contribution >= 0.6 is 11.1 Å². The summed E-state index contributed by atoms with van der Waals surface area (Å²) in [5.74, 6) is -0.326. The maximum absolute atomic E-state index is 10.8. The summed E-state index contributed by atoms with van der Waals surface area (Å²) in [5, 5.41) is 0.909. The van der Waals surface area contributed by atoms with Crippen molar-refractivity contribution in [1.82, 2.24) is 0 Å². The van der Waals surface area contributed by atoms with Gasteiger partial charge in [-0.25, -0.2) is 0 Å². The third-order valence-electron chi connectivity index (χ3n) is 1.62. The highest BCUT2D eigenvalue weighted by molar-refractivity contribution is 7.23. The Balaban J connectivity index is 2.87. The van der Waals surface area contributed by atoms with E-state index in [0.717, 1.165) is 5.19 Å². The molecule has 1 unspecified atom stereocenters. The van der Waals surface area contributed by atoms with Crippen LogP contribution in [0.25, 0.3) is 0 Å². The van der Waals surface area contributed by atoms with E-state index in [4.69, 9.17) is 15.5 Å². The largest absolute Gasteiger partial charge is 0.500 e. The van der Waals surface area contributed by atoms with E-state index in [1.54, 1.807) is 6.55 Å². The van der Waals surface area contributed by atoms with Gasteiger partial charge in [0.05, 0.1) is 0 Å². The molecule has 0 aliphatic rings. The van der Waals surface area contributed by atoms with Crippen molar-refractivity contribution in [3.8, 4) is 0 Å². The average molecular weight is 215 g/mol. The normalized spacial score (nSPS) is 14.7. The van der Waals surface area contributed by atoms with Crippen LogP contribution in [0.15, 0.2) is 30.3 Å². The van der Waals surface area contributed by atoms with Gasteiger partial charge in [-0.1, -0.05) is 30.3 Å². The van der Waals surface area contributed by atoms with E-state index < -0.39 is 7.63 Å². The quantitative estimate of drug-likeness (QED) is 0.554. The van der Waals surface area contributed by atoms with Crippen molar-refractivity contribution in [1.29, 1.82) is 0 Å². The highest BCUT2D eigenvalue weighted by atomic mass is 35.6. The van der Waals surface area contributed by atoms with Gasteiger partial charge < -0.3 is 4.43 Å². The van der Waals surface area contributed by atoms with Gasteiger partial charge in [-0.3, -0.25) is 4.79 Å². The summed E-state index contributed by atoms with van der Waals surface area (Å²) in [4.78, 5) is 10.8. The lowest BCUT2D eigenvalue weighted by Gasteiger charge is -2.18. The van der Waals surface area contributed by atoms with Gasteiger partial charge in [-0.05, 0) is 11.7 Å². The molecule has 0 spiro atoms. The van der Waals surface area contributed by atoms with Crippen molar-refractivity contribution < 1.29 is 9.22 Å². The zero-order valence-corrected chi connectivity index (χ0v) is 9.34. The molecule has 0 saturated heterocycles. The summed E-state index contributed by atoms with van der Waals surface area (Å²) in [7, 11) is -2.52. The number of rotatable bonds is 2. The van der Waals surface area contributed by atoms with E-state index >= 15 is 0 Å². The maximum Gasteiger partial charge on any atom is 0.380 e. The molecule has 4 heteroatoms. The Morgan fingerprint density at radius 1 is 1.38 bits per heavy atom. The molecule has 1 aromatic carbocycles. The molecule has 0 N–H and O–H groups in total. The van der Waals surface area contributed by atoms with Crippen LogP contribution in [-0.2, 0) is 9.22 Å². The molecule has 0 aliphatic carbocycles. The van der Waals surface area contributed by atoms with Gasteiger partial charge in [0.25, 0.3) is 5.97 Å². The van der Waals surface area contributed by atoms with Crippen molar-refractivity contribution >= 4 is 29.9 Å². The number of halogens is 1. The van der Waals surface area contributed by atoms with Crippen molar-refractivity contribution in [3.05, 3.63) is 30.3 Å². The Hall–Kier alpha value is -0.803. The molecule has 0 radical (unpaired) electrons. The van der Waals surface area contributed by atoms with E-state index in [1.807, 2.05) is 30.3 Å². The number of carbonyl (C=O) groups is 1. The van der Waals surface area contributed by atoms with Gasteiger partial charge in [-0.2, -0.15) is 0 Å². The SMILES string of the molecule is CC(=O)O[Si](C)(Cl)c1ccccc1. The minimum absolute atomic E-state index is 0.326. The molecular weight excluding hydrogens is 204 g/mol. The smallest absolute Gasteiger partial charge is 0.380 e. The van der Waals surface area contributed by atoms with Gasteiger partial charge in [0.2, 0.25) is 0 Å². The molecule has 0 aromatic heterocycles. The van der Waals surface area contributed by atoms with E-state index in [-0.39, 0.29) is 5.97 Å². The topological polar surface area (TPSA) is 26.3 Å². The second kappa shape index (κ2) is 3.94. The van der Waals surface area contributed by atoms with Crippen LogP contribution in [0, 0.1) is 0 Å². The fourth-order valence-corrected chi connectivity index (χ4v) is 3.21. The van der Waals surface area contributed by atoms with Gasteiger partial charge >= 0.3 is 7.63 Å². The average Bonchev–Trinajstić information content (AvgIpc) is 2.04. The molecule has 0 aliphatic heterocycles. The number of hydrogen-bond acceptors (Lipinski definition) is 2. The van der Waals surface area contributed by atoms with Crippen LogP contribution in [0.2, 0.25) is 6.55 Å². The maximum atomic E-state index is 10.8. The highest BCUT2D eigenvalue weighted by Crippen LogP contribution is 2.10. The molecule has 0 fully saturated rings. The molecule has 13 heavy (non-hydrogen) atoms. The van der Waals surface area contributed by atoms with Crippen molar-refractivity contribution in [3.63, 3.8) is 0 Å². The highest BCUT2D eigenvalue weighted by Gasteiger charge is 2.31. The first-order chi connectivity index (χ1) is 6.02.